The number of nitrogens with one attached hydrogen (secondary N) is 1. The molecule has 0 saturated carbocycles. The first kappa shape index (κ1) is 17.6. The Labute approximate surface area is 155 Å². The van der Waals surface area contributed by atoms with Crippen molar-refractivity contribution in [3.05, 3.63) is 59.2 Å². The molecule has 0 aliphatic carbocycles. The van der Waals surface area contributed by atoms with E-state index in [1.165, 1.54) is 28.9 Å². The quantitative estimate of drug-likeness (QED) is 0.653. The minimum absolute atomic E-state index is 0.0310. The van der Waals surface area contributed by atoms with Gasteiger partial charge in [-0.3, -0.25) is 4.79 Å². The zero-order valence-electron chi connectivity index (χ0n) is 14.4. The van der Waals surface area contributed by atoms with Gasteiger partial charge in [0.25, 0.3) is 0 Å². The predicted molar refractivity (Wildman–Crippen MR) is 105 cm³/mol. The molecule has 0 unspecified atom stereocenters. The van der Waals surface area contributed by atoms with E-state index in [1.807, 2.05) is 44.2 Å². The summed E-state index contributed by atoms with van der Waals surface area (Å²) in [5.74, 6) is 0.992. The fourth-order valence-electron chi connectivity index (χ4n) is 2.65. The fourth-order valence-corrected chi connectivity index (χ4v) is 4.07. The number of thioether (sulfide) groups is 1. The Morgan fingerprint density at radius 3 is 2.48 bits per heavy atom. The van der Waals surface area contributed by atoms with E-state index >= 15 is 0 Å². The minimum atomic E-state index is -0.0310. The van der Waals surface area contributed by atoms with E-state index in [9.17, 15) is 4.79 Å². The second-order valence-corrected chi connectivity index (χ2v) is 7.83. The lowest BCUT2D eigenvalue weighted by molar-refractivity contribution is -0.113. The van der Waals surface area contributed by atoms with Gasteiger partial charge in [0.2, 0.25) is 5.91 Å². The lowest BCUT2D eigenvalue weighted by Gasteiger charge is -2.12. The topological polar surface area (TPSA) is 54.9 Å². The molecule has 2 aromatic carbocycles. The van der Waals surface area contributed by atoms with Gasteiger partial charge in [-0.05, 0) is 43.4 Å². The van der Waals surface area contributed by atoms with Crippen LogP contribution in [0.1, 0.15) is 16.7 Å². The summed E-state index contributed by atoms with van der Waals surface area (Å²) in [5, 5.41) is 3.01. The maximum atomic E-state index is 12.3. The van der Waals surface area contributed by atoms with Gasteiger partial charge in [-0.1, -0.05) is 59.8 Å². The van der Waals surface area contributed by atoms with Gasteiger partial charge in [0.05, 0.1) is 5.75 Å². The predicted octanol–water partition coefficient (Wildman–Crippen LogP) is 4.86. The lowest BCUT2D eigenvalue weighted by atomic mass is 10.1. The maximum absolute atomic E-state index is 12.3. The van der Waals surface area contributed by atoms with Crippen molar-refractivity contribution in [2.75, 3.05) is 11.1 Å². The normalized spacial score (nSPS) is 10.7. The van der Waals surface area contributed by atoms with E-state index in [2.05, 4.69) is 33.7 Å². The van der Waals surface area contributed by atoms with Crippen LogP contribution in [0.25, 0.3) is 11.4 Å². The summed E-state index contributed by atoms with van der Waals surface area (Å²) < 4.78 is 5.16. The number of carbonyl (C=O) groups excluding carboxylic acids is 1. The molecular weight excluding hydrogens is 350 g/mol. The molecule has 1 aromatic heterocycles. The van der Waals surface area contributed by atoms with Crippen LogP contribution < -0.4 is 5.32 Å². The number of aryl methyl sites for hydroxylation is 3. The molecule has 3 rings (SSSR count). The van der Waals surface area contributed by atoms with Crippen molar-refractivity contribution >= 4 is 34.9 Å². The van der Waals surface area contributed by atoms with Gasteiger partial charge in [0.1, 0.15) is 0 Å². The second-order valence-electron chi connectivity index (χ2n) is 5.86. The van der Waals surface area contributed by atoms with Gasteiger partial charge < -0.3 is 5.32 Å². The molecule has 1 N–H and O–H groups in total. The molecule has 0 radical (unpaired) electrons. The summed E-state index contributed by atoms with van der Waals surface area (Å²) in [6.45, 7) is 6.08. The van der Waals surface area contributed by atoms with Crippen molar-refractivity contribution in [3.8, 4) is 11.4 Å². The zero-order chi connectivity index (χ0) is 17.8. The average molecular weight is 370 g/mol. The highest BCUT2D eigenvalue weighted by Crippen LogP contribution is 2.26. The molecular formula is C19H19N3OS2. The van der Waals surface area contributed by atoms with Gasteiger partial charge in [-0.25, -0.2) is 4.98 Å². The summed E-state index contributed by atoms with van der Waals surface area (Å²) in [6.07, 6.45) is 0. The third-order valence-electron chi connectivity index (χ3n) is 3.71. The lowest BCUT2D eigenvalue weighted by Crippen LogP contribution is -2.15. The number of rotatable bonds is 5. The van der Waals surface area contributed by atoms with E-state index in [4.69, 9.17) is 0 Å². The Balaban J connectivity index is 1.61. The van der Waals surface area contributed by atoms with Crippen LogP contribution in [-0.4, -0.2) is 21.0 Å². The minimum Gasteiger partial charge on any atom is -0.325 e. The van der Waals surface area contributed by atoms with Gasteiger partial charge >= 0.3 is 0 Å². The number of aromatic nitrogens is 2. The highest BCUT2D eigenvalue weighted by molar-refractivity contribution is 8.01. The zero-order valence-corrected chi connectivity index (χ0v) is 16.0. The van der Waals surface area contributed by atoms with Crippen LogP contribution in [-0.2, 0) is 4.79 Å². The van der Waals surface area contributed by atoms with Crippen molar-refractivity contribution in [1.29, 1.82) is 0 Å². The summed E-state index contributed by atoms with van der Waals surface area (Å²) in [7, 11) is 0. The van der Waals surface area contributed by atoms with Crippen molar-refractivity contribution in [3.63, 3.8) is 0 Å². The standard InChI is InChI=1S/C19H19N3OS2/c1-12-9-13(2)17(14(3)10-12)20-16(23)11-24-19-21-18(22-25-19)15-7-5-4-6-8-15/h4-10H,11H2,1-3H3,(H,20,23). The summed E-state index contributed by atoms with van der Waals surface area (Å²) in [5.41, 5.74) is 5.25. The van der Waals surface area contributed by atoms with Gasteiger partial charge in [0, 0.05) is 11.3 Å². The largest absolute Gasteiger partial charge is 0.325 e. The van der Waals surface area contributed by atoms with Crippen LogP contribution in [0.4, 0.5) is 5.69 Å². The first-order chi connectivity index (χ1) is 12.0. The summed E-state index contributed by atoms with van der Waals surface area (Å²) >= 11 is 2.73. The van der Waals surface area contributed by atoms with E-state index in [-0.39, 0.29) is 5.91 Å². The van der Waals surface area contributed by atoms with Gasteiger partial charge in [-0.2, -0.15) is 4.37 Å². The molecule has 6 heteroatoms. The van der Waals surface area contributed by atoms with E-state index in [1.54, 1.807) is 0 Å². The molecule has 1 amide bonds. The molecule has 0 fully saturated rings. The molecule has 3 aromatic rings. The van der Waals surface area contributed by atoms with E-state index in [0.717, 1.165) is 26.7 Å². The van der Waals surface area contributed by atoms with Gasteiger partial charge in [-0.15, -0.1) is 0 Å². The highest BCUT2D eigenvalue weighted by atomic mass is 32.2. The Morgan fingerprint density at radius 1 is 1.12 bits per heavy atom. The van der Waals surface area contributed by atoms with Crippen molar-refractivity contribution in [1.82, 2.24) is 9.36 Å². The van der Waals surface area contributed by atoms with Crippen LogP contribution in [0, 0.1) is 20.8 Å². The third-order valence-corrected chi connectivity index (χ3v) is 5.54. The number of benzene rings is 2. The number of hydrogen-bond donors (Lipinski definition) is 1. The number of amides is 1. The monoisotopic (exact) mass is 369 g/mol. The van der Waals surface area contributed by atoms with Crippen LogP contribution in [0.5, 0.6) is 0 Å². The Bertz CT molecular complexity index is 868. The fraction of sp³-hybridized carbons (Fsp3) is 0.211. The van der Waals surface area contributed by atoms with Crippen LogP contribution in [0.2, 0.25) is 0 Å². The summed E-state index contributed by atoms with van der Waals surface area (Å²) in [6, 6.07) is 14.0. The first-order valence-corrected chi connectivity index (χ1v) is 9.68. The average Bonchev–Trinajstić information content (AvgIpc) is 3.06. The molecule has 0 atom stereocenters. The van der Waals surface area contributed by atoms with Crippen LogP contribution in [0.15, 0.2) is 46.8 Å². The molecule has 0 aliphatic heterocycles. The smallest absolute Gasteiger partial charge is 0.234 e. The molecule has 25 heavy (non-hydrogen) atoms. The van der Waals surface area contributed by atoms with E-state index < -0.39 is 0 Å². The molecule has 4 nitrogen and oxygen atoms in total. The Kier molecular flexibility index (Phi) is 5.50. The van der Waals surface area contributed by atoms with Crippen molar-refractivity contribution in [2.45, 2.75) is 25.1 Å². The SMILES string of the molecule is Cc1cc(C)c(NC(=O)CSc2nc(-c3ccccc3)ns2)c(C)c1. The highest BCUT2D eigenvalue weighted by Gasteiger charge is 2.11. The molecule has 0 saturated heterocycles. The Morgan fingerprint density at radius 2 is 1.80 bits per heavy atom. The molecule has 0 aliphatic rings. The van der Waals surface area contributed by atoms with Crippen molar-refractivity contribution in [2.24, 2.45) is 0 Å². The molecule has 0 spiro atoms. The van der Waals surface area contributed by atoms with Crippen LogP contribution in [0.3, 0.4) is 0 Å². The van der Waals surface area contributed by atoms with Gasteiger partial charge in [0.15, 0.2) is 10.2 Å². The number of carbonyl (C=O) groups is 1. The summed E-state index contributed by atoms with van der Waals surface area (Å²) in [4.78, 5) is 16.8. The number of hydrogen-bond acceptors (Lipinski definition) is 5. The van der Waals surface area contributed by atoms with Crippen LogP contribution >= 0.6 is 23.3 Å². The third kappa shape index (κ3) is 4.46. The number of nitrogens with zero attached hydrogens (tertiary/aromatic N) is 2. The second kappa shape index (κ2) is 7.80. The van der Waals surface area contributed by atoms with E-state index in [0.29, 0.717) is 11.6 Å². The molecule has 0 bridgehead atoms. The maximum Gasteiger partial charge on any atom is 0.234 e. The van der Waals surface area contributed by atoms with Crippen molar-refractivity contribution < 1.29 is 4.79 Å². The number of anilines is 1. The molecule has 1 heterocycles. The molecule has 128 valence electrons. The first-order valence-electron chi connectivity index (χ1n) is 7.92. The Hall–Kier alpha value is -2.18.